The Morgan fingerprint density at radius 1 is 1.29 bits per heavy atom. The summed E-state index contributed by atoms with van der Waals surface area (Å²) < 4.78 is 0. The van der Waals surface area contributed by atoms with Crippen molar-refractivity contribution in [1.29, 1.82) is 0 Å². The molecule has 1 fully saturated rings. The molecule has 2 rings (SSSR count). The zero-order valence-electron chi connectivity index (χ0n) is 8.65. The molecule has 0 aromatic heterocycles. The number of halogens is 2. The highest BCUT2D eigenvalue weighted by Gasteiger charge is 2.31. The van der Waals surface area contributed by atoms with Crippen molar-refractivity contribution in [2.45, 2.75) is 6.42 Å². The smallest absolute Gasteiger partial charge is 0.227 e. The van der Waals surface area contributed by atoms with E-state index in [-0.39, 0.29) is 18.9 Å². The van der Waals surface area contributed by atoms with Crippen molar-refractivity contribution in [1.82, 2.24) is 0 Å². The molecule has 1 saturated heterocycles. The lowest BCUT2D eigenvalue weighted by Gasteiger charge is -2.17. The number of carbonyl (C=O) groups excluding carboxylic acids is 2. The monoisotopic (exact) mass is 272 g/mol. The molecule has 1 aliphatic heterocycles. The van der Waals surface area contributed by atoms with E-state index in [1.54, 1.807) is 18.2 Å². The number of anilines is 1. The minimum Gasteiger partial charge on any atom is -0.550 e. The zero-order chi connectivity index (χ0) is 12.6. The maximum Gasteiger partial charge on any atom is 0.227 e. The van der Waals surface area contributed by atoms with Crippen molar-refractivity contribution in [2.75, 3.05) is 11.4 Å². The van der Waals surface area contributed by atoms with E-state index in [0.29, 0.717) is 15.7 Å². The Bertz CT molecular complexity index is 469. The van der Waals surface area contributed by atoms with Gasteiger partial charge in [0, 0.05) is 40.6 Å². The van der Waals surface area contributed by atoms with Gasteiger partial charge in [-0.05, 0) is 18.2 Å². The van der Waals surface area contributed by atoms with Crippen LogP contribution in [0.3, 0.4) is 0 Å². The van der Waals surface area contributed by atoms with Gasteiger partial charge in [-0.1, -0.05) is 23.2 Å². The van der Waals surface area contributed by atoms with Crippen molar-refractivity contribution >= 4 is 40.8 Å². The van der Waals surface area contributed by atoms with Crippen LogP contribution in [0.25, 0.3) is 0 Å². The average molecular weight is 273 g/mol. The molecule has 0 radical (unpaired) electrons. The van der Waals surface area contributed by atoms with E-state index < -0.39 is 11.9 Å². The number of carbonyl (C=O) groups is 2. The third kappa shape index (κ3) is 2.53. The van der Waals surface area contributed by atoms with Gasteiger partial charge in [-0.2, -0.15) is 0 Å². The van der Waals surface area contributed by atoms with Crippen molar-refractivity contribution in [3.63, 3.8) is 0 Å². The minimum absolute atomic E-state index is 0.0491. The van der Waals surface area contributed by atoms with Crippen molar-refractivity contribution < 1.29 is 14.7 Å². The van der Waals surface area contributed by atoms with E-state index in [2.05, 4.69) is 0 Å². The number of carboxylic acids is 1. The fourth-order valence-electron chi connectivity index (χ4n) is 1.81. The van der Waals surface area contributed by atoms with E-state index >= 15 is 0 Å². The molecule has 0 saturated carbocycles. The molecule has 1 aromatic carbocycles. The Morgan fingerprint density at radius 3 is 2.35 bits per heavy atom. The van der Waals surface area contributed by atoms with Gasteiger partial charge >= 0.3 is 0 Å². The molecular weight excluding hydrogens is 265 g/mol. The number of rotatable bonds is 2. The van der Waals surface area contributed by atoms with Gasteiger partial charge in [0.15, 0.2) is 0 Å². The number of nitrogens with zero attached hydrogens (tertiary/aromatic N) is 1. The van der Waals surface area contributed by atoms with Crippen LogP contribution < -0.4 is 10.0 Å². The molecule has 1 heterocycles. The summed E-state index contributed by atoms with van der Waals surface area (Å²) >= 11 is 11.6. The lowest BCUT2D eigenvalue weighted by molar-refractivity contribution is -0.310. The molecule has 0 aliphatic carbocycles. The molecule has 0 spiro atoms. The second kappa shape index (κ2) is 4.55. The van der Waals surface area contributed by atoms with Gasteiger partial charge in [0.25, 0.3) is 0 Å². The maximum absolute atomic E-state index is 11.7. The fourth-order valence-corrected chi connectivity index (χ4v) is 2.32. The highest BCUT2D eigenvalue weighted by molar-refractivity contribution is 6.35. The summed E-state index contributed by atoms with van der Waals surface area (Å²) in [4.78, 5) is 23.7. The molecule has 0 bridgehead atoms. The van der Waals surface area contributed by atoms with Gasteiger partial charge < -0.3 is 14.8 Å². The van der Waals surface area contributed by atoms with Crippen LogP contribution in [0.4, 0.5) is 5.69 Å². The van der Waals surface area contributed by atoms with Crippen LogP contribution >= 0.6 is 23.2 Å². The second-order valence-corrected chi connectivity index (χ2v) is 4.72. The predicted molar refractivity (Wildman–Crippen MR) is 61.9 cm³/mol. The summed E-state index contributed by atoms with van der Waals surface area (Å²) in [5.41, 5.74) is 0.510. The van der Waals surface area contributed by atoms with Gasteiger partial charge in [-0.3, -0.25) is 4.79 Å². The predicted octanol–water partition coefficient (Wildman–Crippen LogP) is 1.10. The van der Waals surface area contributed by atoms with Crippen LogP contribution in [0.15, 0.2) is 18.2 Å². The molecule has 4 nitrogen and oxygen atoms in total. The quantitative estimate of drug-likeness (QED) is 0.810. The lowest BCUT2D eigenvalue weighted by Crippen LogP contribution is -2.33. The van der Waals surface area contributed by atoms with Crippen LogP contribution in [-0.4, -0.2) is 18.4 Å². The van der Waals surface area contributed by atoms with Crippen molar-refractivity contribution in [3.05, 3.63) is 28.2 Å². The molecule has 0 unspecified atom stereocenters. The SMILES string of the molecule is O=C([O-])[C@H]1CC(=O)N(c2cc(Cl)cc(Cl)c2)C1. The summed E-state index contributed by atoms with van der Waals surface area (Å²) in [6.07, 6.45) is -0.0491. The Kier molecular flexibility index (Phi) is 3.26. The number of amides is 1. The average Bonchev–Trinajstić information content (AvgIpc) is 2.59. The first-order valence-electron chi connectivity index (χ1n) is 4.94. The topological polar surface area (TPSA) is 60.4 Å². The number of hydrogen-bond donors (Lipinski definition) is 0. The van der Waals surface area contributed by atoms with Crippen molar-refractivity contribution in [3.8, 4) is 0 Å². The van der Waals surface area contributed by atoms with Crippen LogP contribution in [-0.2, 0) is 9.59 Å². The highest BCUT2D eigenvalue weighted by atomic mass is 35.5. The largest absolute Gasteiger partial charge is 0.550 e. The van der Waals surface area contributed by atoms with Gasteiger partial charge in [0.1, 0.15) is 0 Å². The summed E-state index contributed by atoms with van der Waals surface area (Å²) in [5, 5.41) is 11.5. The number of benzene rings is 1. The molecule has 90 valence electrons. The molecule has 1 atom stereocenters. The molecule has 1 aromatic rings. The van der Waals surface area contributed by atoms with Crippen LogP contribution in [0.2, 0.25) is 10.0 Å². The maximum atomic E-state index is 11.7. The van der Waals surface area contributed by atoms with Crippen molar-refractivity contribution in [2.24, 2.45) is 5.92 Å². The molecular formula is C11H8Cl2NO3-. The summed E-state index contributed by atoms with van der Waals surface area (Å²) in [5.74, 6) is -2.26. The molecule has 0 N–H and O–H groups in total. The molecule has 17 heavy (non-hydrogen) atoms. The Labute approximate surface area is 108 Å². The first-order valence-corrected chi connectivity index (χ1v) is 5.70. The Balaban J connectivity index is 2.28. The standard InChI is InChI=1S/C11H9Cl2NO3/c12-7-2-8(13)4-9(3-7)14-5-6(11(16)17)1-10(14)15/h2-4,6H,1,5H2,(H,16,17)/p-1/t6-/m0/s1. The van der Waals surface area contributed by atoms with Crippen LogP contribution in [0.1, 0.15) is 6.42 Å². The fraction of sp³-hybridized carbons (Fsp3) is 0.273. The molecule has 6 heteroatoms. The first-order chi connectivity index (χ1) is 7.97. The van der Waals surface area contributed by atoms with Gasteiger partial charge in [-0.25, -0.2) is 0 Å². The molecule has 1 amide bonds. The molecule has 1 aliphatic rings. The summed E-state index contributed by atoms with van der Waals surface area (Å²) in [7, 11) is 0. The van der Waals surface area contributed by atoms with E-state index in [1.807, 2.05) is 0 Å². The first kappa shape index (κ1) is 12.2. The minimum atomic E-state index is -1.21. The second-order valence-electron chi connectivity index (χ2n) is 3.85. The van der Waals surface area contributed by atoms with Gasteiger partial charge in [0.05, 0.1) is 0 Å². The van der Waals surface area contributed by atoms with E-state index in [0.717, 1.165) is 0 Å². The summed E-state index contributed by atoms with van der Waals surface area (Å²) in [6, 6.07) is 4.69. The number of carboxylic acid groups (broad SMARTS) is 1. The van der Waals surface area contributed by atoms with Gasteiger partial charge in [0.2, 0.25) is 5.91 Å². The number of hydrogen-bond acceptors (Lipinski definition) is 3. The highest BCUT2D eigenvalue weighted by Crippen LogP contribution is 2.29. The normalized spacial score (nSPS) is 19.8. The van der Waals surface area contributed by atoms with E-state index in [9.17, 15) is 14.7 Å². The Morgan fingerprint density at radius 2 is 1.88 bits per heavy atom. The number of aliphatic carboxylic acids is 1. The van der Waals surface area contributed by atoms with Crippen LogP contribution in [0, 0.1) is 5.92 Å². The third-order valence-corrected chi connectivity index (χ3v) is 3.05. The summed E-state index contributed by atoms with van der Waals surface area (Å²) in [6.45, 7) is 0.0951. The lowest BCUT2D eigenvalue weighted by atomic mass is 10.1. The van der Waals surface area contributed by atoms with E-state index in [1.165, 1.54) is 4.90 Å². The van der Waals surface area contributed by atoms with E-state index in [4.69, 9.17) is 23.2 Å². The third-order valence-electron chi connectivity index (χ3n) is 2.62. The van der Waals surface area contributed by atoms with Gasteiger partial charge in [-0.15, -0.1) is 0 Å². The Hall–Kier alpha value is -1.26. The van der Waals surface area contributed by atoms with Crippen LogP contribution in [0.5, 0.6) is 0 Å². The zero-order valence-corrected chi connectivity index (χ0v) is 10.2.